The highest BCUT2D eigenvalue weighted by Crippen LogP contribution is 2.36. The smallest absolute Gasteiger partial charge is 0.269 e. The van der Waals surface area contributed by atoms with E-state index in [1.165, 1.54) is 12.1 Å². The number of hydrogen-bond acceptors (Lipinski definition) is 3. The third-order valence-electron chi connectivity index (χ3n) is 5.68. The highest BCUT2D eigenvalue weighted by atomic mass is 19.1. The van der Waals surface area contributed by atoms with Crippen LogP contribution in [0.4, 0.5) is 4.39 Å². The molecule has 2 heterocycles. The van der Waals surface area contributed by atoms with E-state index >= 15 is 0 Å². The number of ether oxygens (including phenoxy) is 1. The lowest BCUT2D eigenvalue weighted by atomic mass is 10.1. The van der Waals surface area contributed by atoms with Crippen LogP contribution in [0.3, 0.4) is 0 Å². The topological polar surface area (TPSA) is 67.0 Å². The van der Waals surface area contributed by atoms with E-state index in [1.807, 2.05) is 60.7 Å². The Morgan fingerprint density at radius 2 is 1.82 bits per heavy atom. The molecule has 5 rings (SSSR count). The summed E-state index contributed by atoms with van der Waals surface area (Å²) in [6.07, 6.45) is 0.526. The van der Waals surface area contributed by atoms with Gasteiger partial charge in [-0.1, -0.05) is 42.5 Å². The van der Waals surface area contributed by atoms with E-state index in [-0.39, 0.29) is 11.7 Å². The van der Waals surface area contributed by atoms with Crippen molar-refractivity contribution < 1.29 is 13.9 Å². The minimum atomic E-state index is -0.285. The predicted molar refractivity (Wildman–Crippen MR) is 128 cm³/mol. The number of carbonyl (C=O) groups is 1. The summed E-state index contributed by atoms with van der Waals surface area (Å²) in [5, 5.41) is 4.84. The molecule has 33 heavy (non-hydrogen) atoms. The molecule has 0 saturated heterocycles. The SMILES string of the molecule is COc1ccccc1-c1nc(C(=O)NCCc2cccc(F)c2)cc2c1[nH]c1ccccc12. The van der Waals surface area contributed by atoms with Crippen LogP contribution in [-0.2, 0) is 6.42 Å². The number of nitrogens with one attached hydrogen (secondary N) is 2. The van der Waals surface area contributed by atoms with E-state index in [9.17, 15) is 9.18 Å². The Bertz CT molecular complexity index is 1480. The van der Waals surface area contributed by atoms with Gasteiger partial charge in [0, 0.05) is 28.4 Å². The molecule has 2 N–H and O–H groups in total. The maximum Gasteiger partial charge on any atom is 0.269 e. The van der Waals surface area contributed by atoms with Gasteiger partial charge in [0.1, 0.15) is 17.3 Å². The lowest BCUT2D eigenvalue weighted by molar-refractivity contribution is 0.0949. The molecule has 0 bridgehead atoms. The van der Waals surface area contributed by atoms with Crippen LogP contribution >= 0.6 is 0 Å². The molecule has 1 amide bonds. The van der Waals surface area contributed by atoms with Crippen LogP contribution in [0.15, 0.2) is 78.9 Å². The summed E-state index contributed by atoms with van der Waals surface area (Å²) >= 11 is 0. The van der Waals surface area contributed by atoms with Gasteiger partial charge in [0.05, 0.1) is 18.3 Å². The summed E-state index contributed by atoms with van der Waals surface area (Å²) in [6, 6.07) is 23.8. The number of methoxy groups -OCH3 is 1. The summed E-state index contributed by atoms with van der Waals surface area (Å²) in [7, 11) is 1.62. The fraction of sp³-hybridized carbons (Fsp3) is 0.111. The van der Waals surface area contributed by atoms with Gasteiger partial charge in [-0.15, -0.1) is 0 Å². The molecule has 0 atom stereocenters. The Morgan fingerprint density at radius 3 is 2.67 bits per heavy atom. The number of hydrogen-bond donors (Lipinski definition) is 2. The van der Waals surface area contributed by atoms with Crippen molar-refractivity contribution in [2.75, 3.05) is 13.7 Å². The molecule has 0 aliphatic carbocycles. The Labute approximate surface area is 190 Å². The Kier molecular flexibility index (Phi) is 5.48. The van der Waals surface area contributed by atoms with Crippen molar-refractivity contribution in [3.63, 3.8) is 0 Å². The van der Waals surface area contributed by atoms with Gasteiger partial charge >= 0.3 is 0 Å². The van der Waals surface area contributed by atoms with Crippen molar-refractivity contribution in [2.24, 2.45) is 0 Å². The van der Waals surface area contributed by atoms with Crippen LogP contribution in [0.1, 0.15) is 16.1 Å². The Hall–Kier alpha value is -4.19. The quantitative estimate of drug-likeness (QED) is 0.367. The van der Waals surface area contributed by atoms with E-state index < -0.39 is 0 Å². The van der Waals surface area contributed by atoms with Crippen LogP contribution in [0.25, 0.3) is 33.1 Å². The average molecular weight is 439 g/mol. The molecule has 2 aromatic heterocycles. The molecule has 0 aliphatic heterocycles. The summed E-state index contributed by atoms with van der Waals surface area (Å²) in [5.41, 5.74) is 4.39. The van der Waals surface area contributed by atoms with Crippen LogP contribution in [0.5, 0.6) is 5.75 Å². The average Bonchev–Trinajstić information content (AvgIpc) is 3.22. The van der Waals surface area contributed by atoms with E-state index in [0.717, 1.165) is 32.9 Å². The number of carbonyl (C=O) groups excluding carboxylic acids is 1. The van der Waals surface area contributed by atoms with Gasteiger partial charge in [-0.3, -0.25) is 4.79 Å². The van der Waals surface area contributed by atoms with Crippen molar-refractivity contribution >= 4 is 27.7 Å². The Balaban J connectivity index is 1.54. The van der Waals surface area contributed by atoms with E-state index in [4.69, 9.17) is 9.72 Å². The first-order chi connectivity index (χ1) is 16.1. The lowest BCUT2D eigenvalue weighted by Crippen LogP contribution is -2.26. The monoisotopic (exact) mass is 439 g/mol. The fourth-order valence-electron chi connectivity index (χ4n) is 4.10. The summed E-state index contributed by atoms with van der Waals surface area (Å²) in [5.74, 6) is 0.107. The fourth-order valence-corrected chi connectivity index (χ4v) is 4.10. The zero-order chi connectivity index (χ0) is 22.8. The number of amides is 1. The van der Waals surface area contributed by atoms with Crippen molar-refractivity contribution in [1.82, 2.24) is 15.3 Å². The normalized spacial score (nSPS) is 11.1. The van der Waals surface area contributed by atoms with Crippen LogP contribution < -0.4 is 10.1 Å². The molecule has 6 heteroatoms. The van der Waals surface area contributed by atoms with Crippen LogP contribution in [-0.4, -0.2) is 29.5 Å². The van der Waals surface area contributed by atoms with E-state index in [0.29, 0.717) is 30.1 Å². The van der Waals surface area contributed by atoms with Crippen molar-refractivity contribution in [3.05, 3.63) is 95.9 Å². The summed E-state index contributed by atoms with van der Waals surface area (Å²) in [6.45, 7) is 0.375. The Morgan fingerprint density at radius 1 is 1.00 bits per heavy atom. The zero-order valence-corrected chi connectivity index (χ0v) is 18.1. The minimum Gasteiger partial charge on any atom is -0.496 e. The maximum atomic E-state index is 13.4. The molecule has 0 aliphatic rings. The molecular formula is C27H22FN3O2. The number of nitrogens with zero attached hydrogens (tertiary/aromatic N) is 1. The van der Waals surface area contributed by atoms with Crippen molar-refractivity contribution in [1.29, 1.82) is 0 Å². The number of aromatic nitrogens is 2. The molecule has 3 aromatic carbocycles. The maximum absolute atomic E-state index is 13.4. The van der Waals surface area contributed by atoms with Gasteiger partial charge in [0.15, 0.2) is 0 Å². The molecule has 0 spiro atoms. The number of para-hydroxylation sites is 2. The van der Waals surface area contributed by atoms with Crippen molar-refractivity contribution in [2.45, 2.75) is 6.42 Å². The number of rotatable bonds is 6. The molecule has 164 valence electrons. The van der Waals surface area contributed by atoms with Gasteiger partial charge in [0.25, 0.3) is 5.91 Å². The number of H-pyrrole nitrogens is 1. The molecule has 5 aromatic rings. The van der Waals surface area contributed by atoms with Gasteiger partial charge in [-0.25, -0.2) is 9.37 Å². The largest absolute Gasteiger partial charge is 0.496 e. The molecular weight excluding hydrogens is 417 g/mol. The van der Waals surface area contributed by atoms with E-state index in [1.54, 1.807) is 13.2 Å². The molecule has 0 saturated carbocycles. The van der Waals surface area contributed by atoms with Gasteiger partial charge < -0.3 is 15.0 Å². The second-order valence-corrected chi connectivity index (χ2v) is 7.79. The third kappa shape index (κ3) is 4.03. The highest BCUT2D eigenvalue weighted by molar-refractivity contribution is 6.13. The zero-order valence-electron chi connectivity index (χ0n) is 18.1. The number of pyridine rings is 1. The third-order valence-corrected chi connectivity index (χ3v) is 5.68. The number of benzene rings is 3. The standard InChI is InChI=1S/C27H22FN3O2/c1-33-24-12-5-3-10-20(24)25-26-21(19-9-2-4-11-22(19)30-26)16-23(31-25)27(32)29-14-13-17-7-6-8-18(28)15-17/h2-12,15-16,30H,13-14H2,1H3,(H,29,32). The molecule has 0 radical (unpaired) electrons. The molecule has 5 nitrogen and oxygen atoms in total. The van der Waals surface area contributed by atoms with Crippen LogP contribution in [0.2, 0.25) is 0 Å². The predicted octanol–water partition coefficient (Wildman–Crippen LogP) is 5.50. The van der Waals surface area contributed by atoms with Crippen LogP contribution in [0, 0.1) is 5.82 Å². The summed E-state index contributed by atoms with van der Waals surface area (Å²) < 4.78 is 19.0. The van der Waals surface area contributed by atoms with E-state index in [2.05, 4.69) is 10.3 Å². The minimum absolute atomic E-state index is 0.283. The first-order valence-electron chi connectivity index (χ1n) is 10.7. The summed E-state index contributed by atoms with van der Waals surface area (Å²) in [4.78, 5) is 21.2. The van der Waals surface area contributed by atoms with Crippen molar-refractivity contribution in [3.8, 4) is 17.0 Å². The molecule has 0 fully saturated rings. The highest BCUT2D eigenvalue weighted by Gasteiger charge is 2.19. The first-order valence-corrected chi connectivity index (χ1v) is 10.7. The lowest BCUT2D eigenvalue weighted by Gasteiger charge is -2.11. The van der Waals surface area contributed by atoms with Gasteiger partial charge in [-0.05, 0) is 48.4 Å². The second kappa shape index (κ2) is 8.74. The van der Waals surface area contributed by atoms with Gasteiger partial charge in [0.2, 0.25) is 0 Å². The second-order valence-electron chi connectivity index (χ2n) is 7.79. The molecule has 0 unspecified atom stereocenters. The number of aromatic amines is 1. The first kappa shape index (κ1) is 20.7. The van der Waals surface area contributed by atoms with Gasteiger partial charge in [-0.2, -0.15) is 0 Å². The number of halogens is 1. The number of fused-ring (bicyclic) bond motifs is 3.